The van der Waals surface area contributed by atoms with Crippen LogP contribution >= 0.6 is 0 Å². The molecule has 11 saturated carbocycles. The van der Waals surface area contributed by atoms with E-state index in [2.05, 4.69) is 6.08 Å². The average Bonchev–Trinajstić information content (AvgIpc) is 1.49. The van der Waals surface area contributed by atoms with Crippen LogP contribution in [0.3, 0.4) is 0 Å². The molecule has 2 aromatic rings. The fourth-order valence-corrected chi connectivity index (χ4v) is 29.7. The first-order valence-corrected chi connectivity index (χ1v) is 37.1. The highest BCUT2D eigenvalue weighted by Crippen LogP contribution is 2.90. The molecule has 17 atom stereocenters. The van der Waals surface area contributed by atoms with E-state index in [0.717, 1.165) is 45.1 Å². The third kappa shape index (κ3) is 8.01. The number of hydrogen-bond acceptors (Lipinski definition) is 12. The monoisotopic (exact) mass is 1250 g/mol. The Morgan fingerprint density at radius 2 is 1.30 bits per heavy atom. The van der Waals surface area contributed by atoms with Gasteiger partial charge < -0.3 is 54.7 Å². The summed E-state index contributed by atoms with van der Waals surface area (Å²) in [5.74, 6) is -2.39. The van der Waals surface area contributed by atoms with Crippen LogP contribution < -0.4 is 4.74 Å². The van der Waals surface area contributed by atoms with Crippen LogP contribution in [0, 0.1) is 84.7 Å². The molecule has 12 aliphatic carbocycles. The molecule has 7 N–H and O–H groups in total. The van der Waals surface area contributed by atoms with E-state index in [0.29, 0.717) is 70.7 Å². The molecular weight excluding hydrogens is 1140 g/mol. The Kier molecular flexibility index (Phi) is 13.2. The maximum absolute atomic E-state index is 13.7. The summed E-state index contributed by atoms with van der Waals surface area (Å²) >= 11 is 0. The van der Waals surface area contributed by atoms with Gasteiger partial charge in [0.25, 0.3) is 0 Å². The molecule has 2 bridgehead atoms. The number of fused-ring (bicyclic) bond motifs is 7. The van der Waals surface area contributed by atoms with E-state index in [-0.39, 0.29) is 73.8 Å². The molecule has 10 spiro atoms. The number of ether oxygens (including phenoxy) is 4. The number of aromatic hydroxyl groups is 2. The zero-order valence-electron chi connectivity index (χ0n) is 54.7. The first kappa shape index (κ1) is 59.9. The van der Waals surface area contributed by atoms with Gasteiger partial charge in [0.15, 0.2) is 5.78 Å². The Hall–Kier alpha value is -3.56. The molecule has 4 aliphatic heterocycles. The van der Waals surface area contributed by atoms with Gasteiger partial charge in [-0.3, -0.25) is 4.79 Å². The standard InChI is InChI=1S/C78H104O13/c1-45-56(46(2)80)61(82)58-50(60(45)81)30-47(66(86)87)31-54(58)89-67-62(83)63(84)78-34-51-52-33-72(32-48-36-88-44-76(59(48)52,22-11-29-79)53-13-12-49(57(51)53)55(91-78)35-73(20-9-10-21-73)64(85)65(78)90-67)41-75(28-26-70(39-75)18-7-8-19-70)77(43-72)42-71(24-23-68(37-71)14-3-4-15-68)40-74(77)27-25-69(38-74)16-5-6-17-69/h13,30-31,48,51-52,55,59,62-65,67,79,81-85H,3-12,14-29,32-44H2,1-2H3,(H,86,87). The molecule has 0 aromatic heterocycles. The van der Waals surface area contributed by atoms with Crippen molar-refractivity contribution in [1.29, 1.82) is 0 Å². The van der Waals surface area contributed by atoms with Crippen LogP contribution in [0.25, 0.3) is 10.8 Å². The van der Waals surface area contributed by atoms with Crippen LogP contribution in [0.4, 0.5) is 0 Å². The molecule has 18 rings (SSSR count). The number of rotatable bonds is 7. The second-order valence-corrected chi connectivity index (χ2v) is 36.1. The zero-order valence-corrected chi connectivity index (χ0v) is 54.7. The van der Waals surface area contributed by atoms with Crippen molar-refractivity contribution in [3.8, 4) is 17.2 Å². The third-order valence-electron chi connectivity index (χ3n) is 32.1. The Balaban J connectivity index is 0.783. The number of carbonyl (C=O) groups is 2. The number of carboxylic acids is 1. The number of Topliss-reactive ketones (excluding diaryl/α,β-unsaturated/α-hetero) is 1. The lowest BCUT2D eigenvalue weighted by Gasteiger charge is -2.64. The fraction of sp³-hybridized carbons (Fsp3) is 0.795. The Bertz CT molecular complexity index is 3450. The van der Waals surface area contributed by atoms with Crippen molar-refractivity contribution in [3.05, 3.63) is 51.6 Å². The Labute approximate surface area is 538 Å². The van der Waals surface area contributed by atoms with Gasteiger partial charge in [0.05, 0.1) is 35.3 Å². The molecule has 14 fully saturated rings. The molecular formula is C78H104O13. The number of benzene rings is 2. The second-order valence-electron chi connectivity index (χ2n) is 36.1. The van der Waals surface area contributed by atoms with Crippen molar-refractivity contribution >= 4 is 22.5 Å². The van der Waals surface area contributed by atoms with E-state index in [1.54, 1.807) is 0 Å². The normalized spacial score (nSPS) is 45.5. The van der Waals surface area contributed by atoms with Gasteiger partial charge >= 0.3 is 5.97 Å². The van der Waals surface area contributed by atoms with Gasteiger partial charge in [0.1, 0.15) is 41.2 Å². The summed E-state index contributed by atoms with van der Waals surface area (Å²) in [5, 5.41) is 85.2. The van der Waals surface area contributed by atoms with Gasteiger partial charge in [-0.15, -0.1) is 0 Å². The first-order valence-electron chi connectivity index (χ1n) is 37.1. The van der Waals surface area contributed by atoms with Crippen LogP contribution in [0.1, 0.15) is 264 Å². The fourth-order valence-electron chi connectivity index (χ4n) is 29.7. The number of allylic oxidation sites excluding steroid dienone is 2. The van der Waals surface area contributed by atoms with E-state index >= 15 is 0 Å². The summed E-state index contributed by atoms with van der Waals surface area (Å²) in [6, 6.07) is 2.41. The molecule has 91 heavy (non-hydrogen) atoms. The highest BCUT2D eigenvalue weighted by atomic mass is 16.7. The van der Waals surface area contributed by atoms with Crippen LogP contribution in [0.5, 0.6) is 17.2 Å². The van der Waals surface area contributed by atoms with Crippen LogP contribution in [-0.2, 0) is 14.2 Å². The van der Waals surface area contributed by atoms with Crippen molar-refractivity contribution in [1.82, 2.24) is 0 Å². The molecule has 0 radical (unpaired) electrons. The number of carboxylic acid groups (broad SMARTS) is 1. The molecule has 4 heterocycles. The molecule has 13 nitrogen and oxygen atoms in total. The topological polar surface area (TPSA) is 213 Å². The summed E-state index contributed by atoms with van der Waals surface area (Å²) in [4.78, 5) is 26.0. The van der Waals surface area contributed by atoms with Crippen LogP contribution in [0.15, 0.2) is 34.9 Å². The minimum atomic E-state index is -1.79. The Morgan fingerprint density at radius 3 is 1.96 bits per heavy atom. The highest BCUT2D eigenvalue weighted by Gasteiger charge is 2.81. The van der Waals surface area contributed by atoms with Crippen molar-refractivity contribution in [3.63, 3.8) is 0 Å². The maximum Gasteiger partial charge on any atom is 0.335 e. The molecule has 494 valence electrons. The van der Waals surface area contributed by atoms with Gasteiger partial charge in [-0.25, -0.2) is 4.79 Å². The van der Waals surface area contributed by atoms with Crippen molar-refractivity contribution < 1.29 is 64.3 Å². The highest BCUT2D eigenvalue weighted by molar-refractivity contribution is 6.11. The number of ketones is 1. The SMILES string of the molecule is CC(=O)c1c(C)c(O)c2cc(C(=O)O)cc(OC3OC4C(O)C5(CCCC5)CC5OC4(CC4C6=C5CC=C6C5(CCCO)COCC6CC7(CC4C65)CC4(CCC5(CCCC5)C4)C4(C7)CC5(CCC6(CCCC6)C5)CC45CCC4(CCCC4)C5)C(O)C3O)c2c1O. The van der Waals surface area contributed by atoms with E-state index in [9.17, 15) is 45.3 Å². The quantitative estimate of drug-likeness (QED) is 0.102. The largest absolute Gasteiger partial charge is 0.507 e. The zero-order chi connectivity index (χ0) is 62.3. The predicted molar refractivity (Wildman–Crippen MR) is 341 cm³/mol. The third-order valence-corrected chi connectivity index (χ3v) is 32.1. The van der Waals surface area contributed by atoms with E-state index in [1.807, 2.05) is 0 Å². The lowest BCUT2D eigenvalue weighted by Crippen LogP contribution is -2.72. The summed E-state index contributed by atoms with van der Waals surface area (Å²) in [6.45, 7) is 4.24. The lowest BCUT2D eigenvalue weighted by atomic mass is 9.42. The smallest absolute Gasteiger partial charge is 0.335 e. The molecule has 13 heteroatoms. The first-order chi connectivity index (χ1) is 43.7. The number of carbonyl (C=O) groups excluding carboxylic acids is 1. The molecule has 3 saturated heterocycles. The van der Waals surface area contributed by atoms with Gasteiger partial charge in [0, 0.05) is 35.0 Å². The molecule has 17 unspecified atom stereocenters. The molecule has 2 aromatic carbocycles. The van der Waals surface area contributed by atoms with Gasteiger partial charge in [0.2, 0.25) is 6.29 Å². The number of phenolic OH excluding ortho intramolecular Hbond substituents is 2. The Morgan fingerprint density at radius 1 is 0.681 bits per heavy atom. The number of aromatic carboxylic acids is 1. The summed E-state index contributed by atoms with van der Waals surface area (Å²) < 4.78 is 29.0. The van der Waals surface area contributed by atoms with Gasteiger partial charge in [-0.2, -0.15) is 0 Å². The van der Waals surface area contributed by atoms with E-state index in [4.69, 9.17) is 18.9 Å². The van der Waals surface area contributed by atoms with Gasteiger partial charge in [-0.1, -0.05) is 57.4 Å². The average molecular weight is 1250 g/mol. The van der Waals surface area contributed by atoms with Crippen LogP contribution in [0.2, 0.25) is 0 Å². The van der Waals surface area contributed by atoms with E-state index < -0.39 is 71.1 Å². The summed E-state index contributed by atoms with van der Waals surface area (Å²) in [6.07, 6.45) is 38.7. The number of phenols is 2. The summed E-state index contributed by atoms with van der Waals surface area (Å²) in [5.41, 5.74) is 4.05. The number of aliphatic hydroxyl groups excluding tert-OH is 4. The van der Waals surface area contributed by atoms with Crippen molar-refractivity contribution in [2.24, 2.45) is 77.8 Å². The van der Waals surface area contributed by atoms with E-state index in [1.165, 1.54) is 210 Å². The number of hydrogen-bond donors (Lipinski definition) is 7. The van der Waals surface area contributed by atoms with Crippen molar-refractivity contribution in [2.75, 3.05) is 19.8 Å². The van der Waals surface area contributed by atoms with Crippen molar-refractivity contribution in [2.45, 2.75) is 287 Å². The lowest BCUT2D eigenvalue weighted by molar-refractivity contribution is -0.339. The maximum atomic E-state index is 13.7. The number of aliphatic hydroxyl groups is 4. The minimum Gasteiger partial charge on any atom is -0.507 e. The van der Waals surface area contributed by atoms with Gasteiger partial charge in [-0.05, 0) is 289 Å². The predicted octanol–water partition coefficient (Wildman–Crippen LogP) is 14.6. The van der Waals surface area contributed by atoms with Crippen LogP contribution in [-0.4, -0.2) is 110 Å². The molecule has 0 amide bonds. The minimum absolute atomic E-state index is 0.0651. The molecule has 16 aliphatic rings. The second kappa shape index (κ2) is 20.0. The summed E-state index contributed by atoms with van der Waals surface area (Å²) in [7, 11) is 0.